The predicted molar refractivity (Wildman–Crippen MR) is 138 cm³/mol. The Morgan fingerprint density at radius 2 is 1.84 bits per heavy atom. The standard InChI is InChI=1S/C29H36F3N3O2/c1-3-4-9-34-13-19(14-34)29(37)18-11-23(31)26(24(32)12-18)28-27-22(21-7-5-6-8-25(21)33-27)10-17(2)35(28)15-20(30)16-36/h5-8,11-12,17,19-20,28-29,33,36-37H,3-4,9-10,13-16H2,1-2H3/t17-,20+,28-,29-/m1/s1. The smallest absolute Gasteiger partial charge is 0.136 e. The molecule has 5 nitrogen and oxygen atoms in total. The summed E-state index contributed by atoms with van der Waals surface area (Å²) in [6.07, 6.45) is 0.272. The second-order valence-electron chi connectivity index (χ2n) is 10.7. The van der Waals surface area contributed by atoms with Crippen LogP contribution < -0.4 is 0 Å². The third-order valence-corrected chi connectivity index (χ3v) is 8.10. The Hall–Kier alpha value is -2.39. The summed E-state index contributed by atoms with van der Waals surface area (Å²) in [5.74, 6) is -1.58. The van der Waals surface area contributed by atoms with E-state index in [2.05, 4.69) is 16.8 Å². The fourth-order valence-corrected chi connectivity index (χ4v) is 6.07. The van der Waals surface area contributed by atoms with Gasteiger partial charge in [0, 0.05) is 53.8 Å². The van der Waals surface area contributed by atoms with Crippen molar-refractivity contribution in [3.05, 3.63) is 70.4 Å². The van der Waals surface area contributed by atoms with Crippen LogP contribution in [0, 0.1) is 17.6 Å². The normalized spacial score (nSPS) is 22.7. The third-order valence-electron chi connectivity index (χ3n) is 8.10. The summed E-state index contributed by atoms with van der Waals surface area (Å²) in [5.41, 5.74) is 2.52. The number of nitrogens with zero attached hydrogens (tertiary/aromatic N) is 2. The highest BCUT2D eigenvalue weighted by molar-refractivity contribution is 5.85. The maximum Gasteiger partial charge on any atom is 0.136 e. The van der Waals surface area contributed by atoms with Gasteiger partial charge in [-0.3, -0.25) is 4.90 Å². The van der Waals surface area contributed by atoms with Crippen molar-refractivity contribution in [2.45, 2.75) is 57.5 Å². The lowest BCUT2D eigenvalue weighted by atomic mass is 9.85. The molecular formula is C29H36F3N3O2. The predicted octanol–water partition coefficient (Wildman–Crippen LogP) is 4.88. The fourth-order valence-electron chi connectivity index (χ4n) is 6.07. The minimum atomic E-state index is -1.54. The Balaban J connectivity index is 1.51. The van der Waals surface area contributed by atoms with Gasteiger partial charge >= 0.3 is 0 Å². The number of likely N-dealkylation sites (tertiary alicyclic amines) is 1. The van der Waals surface area contributed by atoms with Crippen LogP contribution in [-0.2, 0) is 6.42 Å². The van der Waals surface area contributed by atoms with Gasteiger partial charge in [0.1, 0.15) is 17.8 Å². The minimum absolute atomic E-state index is 0.0649. The van der Waals surface area contributed by atoms with Crippen molar-refractivity contribution in [1.82, 2.24) is 14.8 Å². The van der Waals surface area contributed by atoms with Crippen LogP contribution in [0.15, 0.2) is 36.4 Å². The third kappa shape index (κ3) is 4.92. The maximum atomic E-state index is 15.8. The maximum absolute atomic E-state index is 15.8. The van der Waals surface area contributed by atoms with Gasteiger partial charge in [-0.1, -0.05) is 31.5 Å². The SMILES string of the molecule is CCCCN1CC([C@H](O)c2cc(F)c([C@@H]3c4[nH]c5ccccc5c4C[C@@H](C)N3C[C@H](F)CO)c(F)c2)C1. The number of unbranched alkanes of at least 4 members (excludes halogenated alkanes) is 1. The molecule has 4 atom stereocenters. The van der Waals surface area contributed by atoms with Crippen molar-refractivity contribution in [2.24, 2.45) is 5.92 Å². The average Bonchev–Trinajstić information content (AvgIpc) is 3.22. The van der Waals surface area contributed by atoms with Crippen LogP contribution in [0.4, 0.5) is 13.2 Å². The Morgan fingerprint density at radius 1 is 1.14 bits per heavy atom. The van der Waals surface area contributed by atoms with Gasteiger partial charge in [0.05, 0.1) is 18.8 Å². The van der Waals surface area contributed by atoms with Crippen LogP contribution in [0.3, 0.4) is 0 Å². The number of alkyl halides is 1. The van der Waals surface area contributed by atoms with Gasteiger partial charge in [0.2, 0.25) is 0 Å². The molecule has 0 radical (unpaired) electrons. The van der Waals surface area contributed by atoms with E-state index in [-0.39, 0.29) is 29.6 Å². The number of halogens is 3. The zero-order valence-electron chi connectivity index (χ0n) is 21.4. The molecule has 3 N–H and O–H groups in total. The number of aromatic nitrogens is 1. The molecule has 5 rings (SSSR count). The summed E-state index contributed by atoms with van der Waals surface area (Å²) in [6, 6.07) is 9.07. The molecule has 0 bridgehead atoms. The molecule has 2 aromatic carbocycles. The van der Waals surface area contributed by atoms with E-state index in [4.69, 9.17) is 0 Å². The number of fused-ring (bicyclic) bond motifs is 3. The van der Waals surface area contributed by atoms with Crippen molar-refractivity contribution >= 4 is 10.9 Å². The summed E-state index contributed by atoms with van der Waals surface area (Å²) in [6.45, 7) is 5.60. The van der Waals surface area contributed by atoms with Gasteiger partial charge in [-0.05, 0) is 55.6 Å². The van der Waals surface area contributed by atoms with Crippen LogP contribution in [0.25, 0.3) is 10.9 Å². The molecule has 1 aromatic heterocycles. The Kier molecular flexibility index (Phi) is 7.63. The van der Waals surface area contributed by atoms with E-state index in [0.717, 1.165) is 35.9 Å². The number of hydrogen-bond donors (Lipinski definition) is 3. The minimum Gasteiger partial charge on any atom is -0.393 e. The van der Waals surface area contributed by atoms with Crippen LogP contribution in [-0.4, -0.2) is 70.0 Å². The zero-order chi connectivity index (χ0) is 26.3. The lowest BCUT2D eigenvalue weighted by Crippen LogP contribution is -2.49. The van der Waals surface area contributed by atoms with Gasteiger partial charge in [-0.25, -0.2) is 13.2 Å². The Morgan fingerprint density at radius 3 is 2.51 bits per heavy atom. The number of para-hydroxylation sites is 1. The average molecular weight is 516 g/mol. The van der Waals surface area contributed by atoms with E-state index in [1.165, 1.54) is 12.1 Å². The Labute approximate surface area is 215 Å². The Bertz CT molecular complexity index is 1220. The number of aromatic amines is 1. The summed E-state index contributed by atoms with van der Waals surface area (Å²) >= 11 is 0. The molecule has 0 unspecified atom stereocenters. The van der Waals surface area contributed by atoms with Crippen LogP contribution >= 0.6 is 0 Å². The molecule has 2 aliphatic rings. The first-order chi connectivity index (χ1) is 17.8. The quantitative estimate of drug-likeness (QED) is 0.380. The van der Waals surface area contributed by atoms with E-state index in [1.54, 1.807) is 4.90 Å². The molecule has 1 fully saturated rings. The van der Waals surface area contributed by atoms with Gasteiger partial charge < -0.3 is 20.1 Å². The number of rotatable bonds is 9. The van der Waals surface area contributed by atoms with Crippen molar-refractivity contribution in [3.8, 4) is 0 Å². The highest BCUT2D eigenvalue weighted by Crippen LogP contribution is 2.43. The number of aliphatic hydroxyl groups excluding tert-OH is 2. The molecule has 3 heterocycles. The fraction of sp³-hybridized carbons (Fsp3) is 0.517. The second-order valence-corrected chi connectivity index (χ2v) is 10.7. The second kappa shape index (κ2) is 10.8. The van der Waals surface area contributed by atoms with E-state index in [1.807, 2.05) is 31.2 Å². The van der Waals surface area contributed by atoms with E-state index in [9.17, 15) is 14.6 Å². The molecular weight excluding hydrogens is 479 g/mol. The first-order valence-electron chi connectivity index (χ1n) is 13.3. The van der Waals surface area contributed by atoms with Gasteiger partial charge in [-0.2, -0.15) is 0 Å². The number of benzene rings is 2. The first kappa shape index (κ1) is 26.2. The van der Waals surface area contributed by atoms with Gasteiger partial charge in [0.15, 0.2) is 0 Å². The zero-order valence-corrected chi connectivity index (χ0v) is 21.4. The van der Waals surface area contributed by atoms with E-state index in [0.29, 0.717) is 25.2 Å². The summed E-state index contributed by atoms with van der Waals surface area (Å²) < 4.78 is 46.1. The molecule has 1 saturated heterocycles. The number of hydrogen-bond acceptors (Lipinski definition) is 4. The largest absolute Gasteiger partial charge is 0.393 e. The summed E-state index contributed by atoms with van der Waals surface area (Å²) in [4.78, 5) is 7.31. The van der Waals surface area contributed by atoms with Crippen molar-refractivity contribution in [1.29, 1.82) is 0 Å². The molecule has 37 heavy (non-hydrogen) atoms. The van der Waals surface area contributed by atoms with E-state index < -0.39 is 36.6 Å². The lowest BCUT2D eigenvalue weighted by molar-refractivity contribution is -0.00583. The van der Waals surface area contributed by atoms with Crippen molar-refractivity contribution in [3.63, 3.8) is 0 Å². The van der Waals surface area contributed by atoms with Gasteiger partial charge in [-0.15, -0.1) is 0 Å². The molecule has 0 amide bonds. The molecule has 3 aromatic rings. The lowest BCUT2D eigenvalue weighted by Gasteiger charge is -2.42. The molecule has 0 saturated carbocycles. The molecule has 8 heteroatoms. The topological polar surface area (TPSA) is 62.7 Å². The first-order valence-corrected chi connectivity index (χ1v) is 13.3. The highest BCUT2D eigenvalue weighted by atomic mass is 19.1. The highest BCUT2D eigenvalue weighted by Gasteiger charge is 2.40. The van der Waals surface area contributed by atoms with E-state index >= 15 is 8.78 Å². The van der Waals surface area contributed by atoms with Gasteiger partial charge in [0.25, 0.3) is 0 Å². The van der Waals surface area contributed by atoms with Crippen LogP contribution in [0.2, 0.25) is 0 Å². The molecule has 0 aliphatic carbocycles. The monoisotopic (exact) mass is 515 g/mol. The van der Waals surface area contributed by atoms with Crippen molar-refractivity contribution in [2.75, 3.05) is 32.8 Å². The summed E-state index contributed by atoms with van der Waals surface area (Å²) in [7, 11) is 0. The van der Waals surface area contributed by atoms with Crippen molar-refractivity contribution < 1.29 is 23.4 Å². The number of H-pyrrole nitrogens is 1. The number of aliphatic hydroxyl groups is 2. The molecule has 0 spiro atoms. The summed E-state index contributed by atoms with van der Waals surface area (Å²) in [5, 5.41) is 21.2. The van der Waals surface area contributed by atoms with Crippen LogP contribution in [0.1, 0.15) is 61.2 Å². The van der Waals surface area contributed by atoms with Crippen LogP contribution in [0.5, 0.6) is 0 Å². The molecule has 2 aliphatic heterocycles. The number of nitrogens with one attached hydrogen (secondary N) is 1. The molecule has 200 valence electrons.